The number of carbonyl (C=O) groups is 1. The number of phosphoric acid groups is 1. The molecule has 3 N–H and O–H groups in total. The van der Waals surface area contributed by atoms with E-state index >= 15 is 0 Å². The third-order valence-corrected chi connectivity index (χ3v) is 11.9. The maximum absolute atomic E-state index is 12.9. The molecule has 3 unspecified atom stereocenters. The van der Waals surface area contributed by atoms with Crippen LogP contribution in [0.5, 0.6) is 0 Å². The number of hydrogen-bond acceptors (Lipinski definition) is 5. The Kier molecular flexibility index (Phi) is 39.7. The molecular formula is C48H96N2O6P+. The number of allylic oxidation sites excluding steroid dienone is 3. The van der Waals surface area contributed by atoms with Crippen LogP contribution in [0, 0.1) is 0 Å². The van der Waals surface area contributed by atoms with E-state index in [1.165, 1.54) is 167 Å². The van der Waals surface area contributed by atoms with E-state index in [9.17, 15) is 19.4 Å². The van der Waals surface area contributed by atoms with Crippen molar-refractivity contribution < 1.29 is 32.9 Å². The highest BCUT2D eigenvalue weighted by molar-refractivity contribution is 7.47. The number of rotatable bonds is 44. The SMILES string of the molecule is CCCCCCCCCCCC/C=C/C(O)C(COP(=O)(O)OCC[N+](C)(C)C)NC(=O)CCCCCCCCC/C=C\CCCCCCCCCCCCCC. The zero-order chi connectivity index (χ0) is 42.1. The zero-order valence-electron chi connectivity index (χ0n) is 38.3. The van der Waals surface area contributed by atoms with Crippen LogP contribution >= 0.6 is 7.82 Å². The van der Waals surface area contributed by atoms with Gasteiger partial charge in [0.2, 0.25) is 5.91 Å². The molecule has 0 aliphatic heterocycles. The molecule has 8 nitrogen and oxygen atoms in total. The largest absolute Gasteiger partial charge is 0.472 e. The number of hydrogen-bond donors (Lipinski definition) is 3. The summed E-state index contributed by atoms with van der Waals surface area (Å²) < 4.78 is 23.6. The van der Waals surface area contributed by atoms with Crippen LogP contribution in [-0.4, -0.2) is 73.4 Å². The first kappa shape index (κ1) is 56.0. The van der Waals surface area contributed by atoms with Crippen molar-refractivity contribution in [2.75, 3.05) is 40.9 Å². The number of quaternary nitrogens is 1. The summed E-state index contributed by atoms with van der Waals surface area (Å²) in [6.45, 7) is 4.81. The van der Waals surface area contributed by atoms with Crippen LogP contribution in [0.15, 0.2) is 24.3 Å². The fourth-order valence-corrected chi connectivity index (χ4v) is 7.77. The molecule has 0 aromatic carbocycles. The lowest BCUT2D eigenvalue weighted by molar-refractivity contribution is -0.870. The molecule has 0 bridgehead atoms. The van der Waals surface area contributed by atoms with Crippen molar-refractivity contribution in [2.24, 2.45) is 0 Å². The molecule has 0 aromatic heterocycles. The molecule has 0 saturated carbocycles. The van der Waals surface area contributed by atoms with Gasteiger partial charge in [-0.05, 0) is 44.9 Å². The minimum Gasteiger partial charge on any atom is -0.387 e. The van der Waals surface area contributed by atoms with E-state index in [0.717, 1.165) is 38.5 Å². The van der Waals surface area contributed by atoms with Crippen LogP contribution in [0.25, 0.3) is 0 Å². The molecule has 57 heavy (non-hydrogen) atoms. The molecule has 9 heteroatoms. The second kappa shape index (κ2) is 40.4. The van der Waals surface area contributed by atoms with Gasteiger partial charge in [0.15, 0.2) is 0 Å². The lowest BCUT2D eigenvalue weighted by Crippen LogP contribution is -2.45. The van der Waals surface area contributed by atoms with Crippen molar-refractivity contribution in [1.82, 2.24) is 5.32 Å². The Morgan fingerprint density at radius 3 is 1.35 bits per heavy atom. The average molecular weight is 828 g/mol. The summed E-state index contributed by atoms with van der Waals surface area (Å²) >= 11 is 0. The van der Waals surface area contributed by atoms with E-state index in [0.29, 0.717) is 17.4 Å². The molecule has 0 rings (SSSR count). The number of aliphatic hydroxyl groups is 1. The highest BCUT2D eigenvalue weighted by Gasteiger charge is 2.27. The van der Waals surface area contributed by atoms with Crippen molar-refractivity contribution in [1.29, 1.82) is 0 Å². The molecule has 338 valence electrons. The van der Waals surface area contributed by atoms with Crippen molar-refractivity contribution in [3.05, 3.63) is 24.3 Å². The zero-order valence-corrected chi connectivity index (χ0v) is 39.2. The fraction of sp³-hybridized carbons (Fsp3) is 0.896. The first-order chi connectivity index (χ1) is 27.5. The Balaban J connectivity index is 4.25. The van der Waals surface area contributed by atoms with E-state index in [-0.39, 0.29) is 19.1 Å². The summed E-state index contributed by atoms with van der Waals surface area (Å²) in [5.74, 6) is -0.181. The standard InChI is InChI=1S/C48H95N2O6P/c1-6-8-10-12-14-16-18-20-21-22-23-24-25-26-27-28-29-30-32-34-36-38-40-42-48(52)49-46(45-56-57(53,54)55-44-43-50(3,4)5)47(51)41-39-37-35-33-31-19-17-15-13-11-9-7-2/h26-27,39,41,46-47,51H,6-25,28-38,40,42-45H2,1-5H3,(H-,49,52,53,54)/p+1/b27-26-,41-39+. The number of carbonyl (C=O) groups excluding carboxylic acids is 1. The Morgan fingerprint density at radius 1 is 0.579 bits per heavy atom. The minimum atomic E-state index is -4.34. The van der Waals surface area contributed by atoms with Gasteiger partial charge in [0.1, 0.15) is 13.2 Å². The highest BCUT2D eigenvalue weighted by atomic mass is 31.2. The van der Waals surface area contributed by atoms with Crippen LogP contribution in [0.4, 0.5) is 0 Å². The van der Waals surface area contributed by atoms with Crippen molar-refractivity contribution in [3.63, 3.8) is 0 Å². The van der Waals surface area contributed by atoms with E-state index < -0.39 is 20.0 Å². The molecule has 0 heterocycles. The first-order valence-electron chi connectivity index (χ1n) is 24.2. The smallest absolute Gasteiger partial charge is 0.387 e. The van der Waals surface area contributed by atoms with E-state index in [1.807, 2.05) is 27.2 Å². The van der Waals surface area contributed by atoms with Crippen molar-refractivity contribution in [3.8, 4) is 0 Å². The Hall–Kier alpha value is -1.02. The number of aliphatic hydroxyl groups excluding tert-OH is 1. The Bertz CT molecular complexity index is 984. The monoisotopic (exact) mass is 828 g/mol. The van der Waals surface area contributed by atoms with Gasteiger partial charge in [-0.25, -0.2) is 4.57 Å². The lowest BCUT2D eigenvalue weighted by Gasteiger charge is -2.25. The molecule has 1 amide bonds. The van der Waals surface area contributed by atoms with Crippen LogP contribution in [0.2, 0.25) is 0 Å². The summed E-state index contributed by atoms with van der Waals surface area (Å²) in [7, 11) is 1.57. The molecular weight excluding hydrogens is 732 g/mol. The van der Waals surface area contributed by atoms with Crippen molar-refractivity contribution >= 4 is 13.7 Å². The maximum Gasteiger partial charge on any atom is 0.472 e. The van der Waals surface area contributed by atoms with Crippen LogP contribution in [0.3, 0.4) is 0 Å². The second-order valence-corrected chi connectivity index (χ2v) is 19.3. The van der Waals surface area contributed by atoms with Gasteiger partial charge in [0, 0.05) is 6.42 Å². The maximum atomic E-state index is 12.9. The average Bonchev–Trinajstić information content (AvgIpc) is 3.16. The molecule has 0 fully saturated rings. The molecule has 0 spiro atoms. The predicted octanol–water partition coefficient (Wildman–Crippen LogP) is 13.7. The van der Waals surface area contributed by atoms with Gasteiger partial charge in [-0.15, -0.1) is 0 Å². The van der Waals surface area contributed by atoms with Gasteiger partial charge < -0.3 is 19.8 Å². The van der Waals surface area contributed by atoms with E-state index in [2.05, 4.69) is 31.3 Å². The fourth-order valence-electron chi connectivity index (χ4n) is 7.04. The highest BCUT2D eigenvalue weighted by Crippen LogP contribution is 2.43. The number of phosphoric ester groups is 1. The molecule has 0 aliphatic carbocycles. The van der Waals surface area contributed by atoms with Gasteiger partial charge in [0.25, 0.3) is 0 Å². The minimum absolute atomic E-state index is 0.0617. The Morgan fingerprint density at radius 2 is 0.947 bits per heavy atom. The molecule has 0 radical (unpaired) electrons. The second-order valence-electron chi connectivity index (χ2n) is 17.8. The molecule has 0 saturated heterocycles. The topological polar surface area (TPSA) is 105 Å². The number of unbranched alkanes of at least 4 members (excludes halogenated alkanes) is 29. The number of nitrogens with one attached hydrogen (secondary N) is 1. The van der Waals surface area contributed by atoms with Crippen LogP contribution in [-0.2, 0) is 18.4 Å². The van der Waals surface area contributed by atoms with Gasteiger partial charge >= 0.3 is 7.82 Å². The number of likely N-dealkylation sites (N-methyl/N-ethyl adjacent to an activating group) is 1. The van der Waals surface area contributed by atoms with Crippen LogP contribution in [0.1, 0.15) is 226 Å². The van der Waals surface area contributed by atoms with Gasteiger partial charge in [-0.2, -0.15) is 0 Å². The van der Waals surface area contributed by atoms with Crippen LogP contribution < -0.4 is 5.32 Å². The third kappa shape index (κ3) is 42.9. The summed E-state index contributed by atoms with van der Waals surface area (Å²) in [5.41, 5.74) is 0. The summed E-state index contributed by atoms with van der Waals surface area (Å²) in [6, 6.07) is -0.845. The molecule has 3 atom stereocenters. The summed E-state index contributed by atoms with van der Waals surface area (Å²) in [4.78, 5) is 23.1. The Labute approximate surface area is 354 Å². The summed E-state index contributed by atoms with van der Waals surface area (Å²) in [6.07, 6.45) is 48.3. The van der Waals surface area contributed by atoms with Crippen molar-refractivity contribution in [2.45, 2.75) is 238 Å². The normalized spacial score (nSPS) is 14.4. The third-order valence-electron chi connectivity index (χ3n) is 10.9. The van der Waals surface area contributed by atoms with E-state index in [1.54, 1.807) is 6.08 Å². The lowest BCUT2D eigenvalue weighted by atomic mass is 10.0. The van der Waals surface area contributed by atoms with E-state index in [4.69, 9.17) is 9.05 Å². The summed E-state index contributed by atoms with van der Waals surface area (Å²) in [5, 5.41) is 13.8. The molecule has 0 aliphatic rings. The first-order valence-corrected chi connectivity index (χ1v) is 25.7. The van der Waals surface area contributed by atoms with Gasteiger partial charge in [-0.1, -0.05) is 199 Å². The predicted molar refractivity (Wildman–Crippen MR) is 245 cm³/mol. The number of nitrogens with zero attached hydrogens (tertiary/aromatic N) is 1. The quantitative estimate of drug-likeness (QED) is 0.0244. The number of amides is 1. The molecule has 0 aromatic rings. The van der Waals surface area contributed by atoms with Gasteiger partial charge in [0.05, 0.1) is 39.9 Å². The van der Waals surface area contributed by atoms with Gasteiger partial charge in [-0.3, -0.25) is 13.8 Å².